The van der Waals surface area contributed by atoms with Crippen molar-refractivity contribution in [1.82, 2.24) is 9.21 Å². The van der Waals surface area contributed by atoms with E-state index in [0.29, 0.717) is 13.0 Å². The number of aliphatic carboxylic acids is 1. The molecule has 0 aliphatic carbocycles. The molecule has 1 rings (SSSR count). The van der Waals surface area contributed by atoms with Crippen LogP contribution >= 0.6 is 0 Å². The summed E-state index contributed by atoms with van der Waals surface area (Å²) in [5.74, 6) is -1.53. The summed E-state index contributed by atoms with van der Waals surface area (Å²) in [7, 11) is -3.33. The Morgan fingerprint density at radius 2 is 2.00 bits per heavy atom. The fraction of sp³-hybridized carbons (Fsp3) is 0.800. The second-order valence-electron chi connectivity index (χ2n) is 4.51. The molecule has 0 spiro atoms. The van der Waals surface area contributed by atoms with Crippen molar-refractivity contribution < 1.29 is 23.1 Å². The number of hydrogen-bond donors (Lipinski definition) is 1. The molecular weight excluding hydrogens is 260 g/mol. The van der Waals surface area contributed by atoms with Gasteiger partial charge >= 0.3 is 5.97 Å². The minimum atomic E-state index is -3.33. The number of carboxylic acid groups (broad SMARTS) is 1. The Bertz CT molecular complexity index is 432. The van der Waals surface area contributed by atoms with Crippen LogP contribution in [0, 0.1) is 0 Å². The van der Waals surface area contributed by atoms with E-state index in [1.165, 1.54) is 0 Å². The summed E-state index contributed by atoms with van der Waals surface area (Å²) in [6.45, 7) is 3.03. The molecule has 1 aliphatic rings. The van der Waals surface area contributed by atoms with Gasteiger partial charge in [0.15, 0.2) is 0 Å². The van der Waals surface area contributed by atoms with Crippen LogP contribution in [0.4, 0.5) is 0 Å². The van der Waals surface area contributed by atoms with Crippen molar-refractivity contribution >= 4 is 21.9 Å². The Kier molecular flexibility index (Phi) is 4.69. The first-order chi connectivity index (χ1) is 8.24. The summed E-state index contributed by atoms with van der Waals surface area (Å²) in [6.07, 6.45) is 0.510. The average molecular weight is 278 g/mol. The smallest absolute Gasteiger partial charge is 0.323 e. The van der Waals surface area contributed by atoms with Crippen molar-refractivity contribution in [2.75, 3.05) is 25.4 Å². The van der Waals surface area contributed by atoms with Crippen molar-refractivity contribution in [1.29, 1.82) is 0 Å². The first kappa shape index (κ1) is 14.9. The van der Waals surface area contributed by atoms with Gasteiger partial charge in [0.2, 0.25) is 15.9 Å². The quantitative estimate of drug-likeness (QED) is 0.720. The highest BCUT2D eigenvalue weighted by Crippen LogP contribution is 2.13. The number of carbonyl (C=O) groups is 2. The normalized spacial score (nSPS) is 19.1. The summed E-state index contributed by atoms with van der Waals surface area (Å²) in [5.41, 5.74) is 0. The molecule has 1 fully saturated rings. The minimum Gasteiger partial charge on any atom is -0.480 e. The molecule has 0 aromatic rings. The molecule has 0 atom stereocenters. The molecule has 0 bridgehead atoms. The van der Waals surface area contributed by atoms with Crippen LogP contribution in [0.3, 0.4) is 0 Å². The third kappa shape index (κ3) is 3.67. The molecule has 8 heteroatoms. The van der Waals surface area contributed by atoms with Crippen LogP contribution in [0.1, 0.15) is 20.3 Å². The molecule has 0 aromatic heterocycles. The van der Waals surface area contributed by atoms with Crippen molar-refractivity contribution in [3.05, 3.63) is 0 Å². The van der Waals surface area contributed by atoms with Crippen LogP contribution in [0.25, 0.3) is 0 Å². The largest absolute Gasteiger partial charge is 0.480 e. The molecule has 1 N–H and O–H groups in total. The Morgan fingerprint density at radius 1 is 1.39 bits per heavy atom. The molecule has 0 saturated carbocycles. The number of nitrogens with zero attached hydrogens (tertiary/aromatic N) is 2. The molecule has 7 nitrogen and oxygen atoms in total. The van der Waals surface area contributed by atoms with Gasteiger partial charge in [-0.05, 0) is 20.3 Å². The van der Waals surface area contributed by atoms with Crippen LogP contribution in [0.2, 0.25) is 0 Å². The SMILES string of the molecule is CC(C)N(CC(=O)O)C(=O)CN1CCCS1(=O)=O. The summed E-state index contributed by atoms with van der Waals surface area (Å²) in [4.78, 5) is 23.7. The van der Waals surface area contributed by atoms with E-state index in [1.807, 2.05) is 0 Å². The van der Waals surface area contributed by atoms with Gasteiger partial charge in [0.1, 0.15) is 6.54 Å². The van der Waals surface area contributed by atoms with Crippen LogP contribution in [0.15, 0.2) is 0 Å². The van der Waals surface area contributed by atoms with Gasteiger partial charge in [-0.1, -0.05) is 0 Å². The molecule has 0 radical (unpaired) electrons. The van der Waals surface area contributed by atoms with Gasteiger partial charge in [0.05, 0.1) is 12.3 Å². The molecule has 104 valence electrons. The standard InChI is InChI=1S/C10H18N2O5S/c1-8(2)12(7-10(14)15)9(13)6-11-4-3-5-18(11,16)17/h8H,3-7H2,1-2H3,(H,14,15). The summed E-state index contributed by atoms with van der Waals surface area (Å²) in [6, 6.07) is -0.279. The number of amides is 1. The number of hydrogen-bond acceptors (Lipinski definition) is 4. The maximum Gasteiger partial charge on any atom is 0.323 e. The van der Waals surface area contributed by atoms with Crippen molar-refractivity contribution in [2.24, 2.45) is 0 Å². The Balaban J connectivity index is 2.70. The summed E-state index contributed by atoms with van der Waals surface area (Å²) >= 11 is 0. The predicted octanol–water partition coefficient (Wildman–Crippen LogP) is -0.656. The lowest BCUT2D eigenvalue weighted by molar-refractivity contribution is -0.145. The Labute approximate surface area is 106 Å². The van der Waals surface area contributed by atoms with Crippen molar-refractivity contribution in [3.8, 4) is 0 Å². The Morgan fingerprint density at radius 3 is 2.39 bits per heavy atom. The maximum absolute atomic E-state index is 11.9. The van der Waals surface area contributed by atoms with E-state index in [-0.39, 0.29) is 18.3 Å². The number of rotatable bonds is 5. The van der Waals surface area contributed by atoms with Crippen molar-refractivity contribution in [3.63, 3.8) is 0 Å². The molecule has 18 heavy (non-hydrogen) atoms. The van der Waals surface area contributed by atoms with Crippen molar-refractivity contribution in [2.45, 2.75) is 26.3 Å². The highest BCUT2D eigenvalue weighted by atomic mass is 32.2. The highest BCUT2D eigenvalue weighted by molar-refractivity contribution is 7.89. The van der Waals surface area contributed by atoms with Crippen LogP contribution < -0.4 is 0 Å². The zero-order chi connectivity index (χ0) is 13.9. The fourth-order valence-corrected chi connectivity index (χ4v) is 3.28. The highest BCUT2D eigenvalue weighted by Gasteiger charge is 2.32. The molecule has 1 amide bonds. The number of carbonyl (C=O) groups excluding carboxylic acids is 1. The van der Waals surface area contributed by atoms with Gasteiger partial charge in [-0.2, -0.15) is 4.31 Å². The average Bonchev–Trinajstić information content (AvgIpc) is 2.54. The summed E-state index contributed by atoms with van der Waals surface area (Å²) < 4.78 is 24.2. The Hall–Kier alpha value is -1.15. The van der Waals surface area contributed by atoms with Crippen LogP contribution in [-0.4, -0.2) is 66.0 Å². The zero-order valence-electron chi connectivity index (χ0n) is 10.5. The fourth-order valence-electron chi connectivity index (χ4n) is 1.82. The van der Waals surface area contributed by atoms with Gasteiger partial charge < -0.3 is 10.0 Å². The number of carboxylic acids is 1. The van der Waals surface area contributed by atoms with Crippen LogP contribution in [-0.2, 0) is 19.6 Å². The molecular formula is C10H18N2O5S. The minimum absolute atomic E-state index is 0.0564. The predicted molar refractivity (Wildman–Crippen MR) is 64.5 cm³/mol. The molecule has 0 aromatic carbocycles. The lowest BCUT2D eigenvalue weighted by Gasteiger charge is -2.26. The van der Waals surface area contributed by atoms with E-state index in [0.717, 1.165) is 9.21 Å². The van der Waals surface area contributed by atoms with Gasteiger partial charge in [-0.3, -0.25) is 9.59 Å². The third-order valence-corrected chi connectivity index (χ3v) is 4.67. The monoisotopic (exact) mass is 278 g/mol. The van der Waals surface area contributed by atoms with Gasteiger partial charge in [0.25, 0.3) is 0 Å². The first-order valence-electron chi connectivity index (χ1n) is 5.73. The first-order valence-corrected chi connectivity index (χ1v) is 7.34. The third-order valence-electron chi connectivity index (χ3n) is 2.76. The maximum atomic E-state index is 11.9. The lowest BCUT2D eigenvalue weighted by atomic mass is 10.3. The summed E-state index contributed by atoms with van der Waals surface area (Å²) in [5, 5.41) is 8.72. The molecule has 1 heterocycles. The van der Waals surface area contributed by atoms with E-state index in [1.54, 1.807) is 13.8 Å². The van der Waals surface area contributed by atoms with E-state index in [9.17, 15) is 18.0 Å². The van der Waals surface area contributed by atoms with E-state index < -0.39 is 28.4 Å². The second kappa shape index (κ2) is 5.66. The van der Waals surface area contributed by atoms with Gasteiger partial charge in [-0.15, -0.1) is 0 Å². The van der Waals surface area contributed by atoms with E-state index >= 15 is 0 Å². The topological polar surface area (TPSA) is 95.0 Å². The lowest BCUT2D eigenvalue weighted by Crippen LogP contribution is -2.46. The second-order valence-corrected chi connectivity index (χ2v) is 6.60. The zero-order valence-corrected chi connectivity index (χ0v) is 11.3. The molecule has 1 saturated heterocycles. The molecule has 0 unspecified atom stereocenters. The van der Waals surface area contributed by atoms with Gasteiger partial charge in [0, 0.05) is 12.6 Å². The molecule has 1 aliphatic heterocycles. The van der Waals surface area contributed by atoms with E-state index in [2.05, 4.69) is 0 Å². The number of sulfonamides is 1. The van der Waals surface area contributed by atoms with E-state index in [4.69, 9.17) is 5.11 Å². The van der Waals surface area contributed by atoms with Crippen LogP contribution in [0.5, 0.6) is 0 Å². The van der Waals surface area contributed by atoms with Gasteiger partial charge in [-0.25, -0.2) is 8.42 Å².